The van der Waals surface area contributed by atoms with Crippen LogP contribution in [0.1, 0.15) is 5.76 Å². The predicted molar refractivity (Wildman–Crippen MR) is 49.8 cm³/mol. The van der Waals surface area contributed by atoms with Crippen molar-refractivity contribution in [3.63, 3.8) is 0 Å². The van der Waals surface area contributed by atoms with Gasteiger partial charge in [-0.2, -0.15) is 5.10 Å². The highest BCUT2D eigenvalue weighted by Crippen LogP contribution is 2.11. The number of furan rings is 1. The van der Waals surface area contributed by atoms with Gasteiger partial charge in [0.2, 0.25) is 5.96 Å². The second kappa shape index (κ2) is 3.91. The number of hydrogen-bond donors (Lipinski definition) is 2. The normalized spacial score (nSPS) is 10.4. The highest BCUT2D eigenvalue weighted by Gasteiger charge is 1.93. The van der Waals surface area contributed by atoms with E-state index in [0.717, 1.165) is 0 Å². The van der Waals surface area contributed by atoms with Crippen molar-refractivity contribution in [2.75, 3.05) is 0 Å². The topological polar surface area (TPSA) is 89.9 Å². The first-order valence-electron chi connectivity index (χ1n) is 3.06. The Labute approximate surface area is 77.3 Å². The minimum Gasteiger partial charge on any atom is -0.448 e. The van der Waals surface area contributed by atoms with Crippen LogP contribution in [0.4, 0.5) is 0 Å². The van der Waals surface area contributed by atoms with Gasteiger partial charge in [0, 0.05) is 0 Å². The molecule has 6 heteroatoms. The minimum absolute atomic E-state index is 0.0862. The number of nitrogens with two attached hydrogens (primary N) is 2. The third-order valence-electron chi connectivity index (χ3n) is 0.952. The van der Waals surface area contributed by atoms with Crippen LogP contribution in [-0.2, 0) is 0 Å². The molecule has 0 aliphatic rings. The molecule has 0 radical (unpaired) electrons. The second-order valence-electron chi connectivity index (χ2n) is 1.91. The van der Waals surface area contributed by atoms with Gasteiger partial charge < -0.3 is 15.9 Å². The van der Waals surface area contributed by atoms with Gasteiger partial charge >= 0.3 is 0 Å². The molecular formula is C6H7BrN4O. The average molecular weight is 231 g/mol. The first kappa shape index (κ1) is 8.79. The summed E-state index contributed by atoms with van der Waals surface area (Å²) >= 11 is 3.14. The number of halogens is 1. The van der Waals surface area contributed by atoms with E-state index in [9.17, 15) is 0 Å². The Morgan fingerprint density at radius 3 is 2.75 bits per heavy atom. The maximum absolute atomic E-state index is 5.08. The Bertz CT molecular complexity index is 313. The quantitative estimate of drug-likeness (QED) is 0.444. The van der Waals surface area contributed by atoms with Crippen molar-refractivity contribution >= 4 is 28.1 Å². The van der Waals surface area contributed by atoms with Crippen molar-refractivity contribution in [2.24, 2.45) is 21.7 Å². The maximum Gasteiger partial charge on any atom is 0.211 e. The summed E-state index contributed by atoms with van der Waals surface area (Å²) in [4.78, 5) is 0. The Hall–Kier alpha value is -1.30. The lowest BCUT2D eigenvalue weighted by molar-refractivity contribution is 0.534. The molecule has 1 aromatic rings. The van der Waals surface area contributed by atoms with E-state index in [1.165, 1.54) is 6.21 Å². The van der Waals surface area contributed by atoms with Crippen LogP contribution in [0.5, 0.6) is 0 Å². The first-order valence-corrected chi connectivity index (χ1v) is 3.85. The number of guanidine groups is 1. The summed E-state index contributed by atoms with van der Waals surface area (Å²) in [5, 5.41) is 6.95. The van der Waals surface area contributed by atoms with Gasteiger partial charge in [-0.15, -0.1) is 5.10 Å². The van der Waals surface area contributed by atoms with Crippen LogP contribution in [0.25, 0.3) is 0 Å². The molecule has 0 aliphatic carbocycles. The van der Waals surface area contributed by atoms with Crippen molar-refractivity contribution < 1.29 is 4.42 Å². The third kappa shape index (κ3) is 2.75. The zero-order valence-electron chi connectivity index (χ0n) is 6.07. The van der Waals surface area contributed by atoms with Gasteiger partial charge in [-0.3, -0.25) is 0 Å². The zero-order chi connectivity index (χ0) is 8.97. The molecule has 0 atom stereocenters. The van der Waals surface area contributed by atoms with Crippen LogP contribution in [0.15, 0.2) is 31.4 Å². The molecule has 64 valence electrons. The Morgan fingerprint density at radius 2 is 2.25 bits per heavy atom. The van der Waals surface area contributed by atoms with E-state index < -0.39 is 0 Å². The molecule has 1 heterocycles. The van der Waals surface area contributed by atoms with Gasteiger partial charge in [0.05, 0.1) is 6.21 Å². The van der Waals surface area contributed by atoms with Gasteiger partial charge in [0.1, 0.15) is 5.76 Å². The van der Waals surface area contributed by atoms with E-state index >= 15 is 0 Å². The van der Waals surface area contributed by atoms with Crippen LogP contribution in [0, 0.1) is 0 Å². The summed E-state index contributed by atoms with van der Waals surface area (Å²) in [5.74, 6) is 0.490. The fourth-order valence-electron chi connectivity index (χ4n) is 0.550. The highest BCUT2D eigenvalue weighted by atomic mass is 79.9. The molecule has 5 nitrogen and oxygen atoms in total. The van der Waals surface area contributed by atoms with Crippen molar-refractivity contribution in [3.8, 4) is 0 Å². The average Bonchev–Trinajstić information content (AvgIpc) is 2.35. The largest absolute Gasteiger partial charge is 0.448 e. The highest BCUT2D eigenvalue weighted by molar-refractivity contribution is 9.10. The second-order valence-corrected chi connectivity index (χ2v) is 2.69. The maximum atomic E-state index is 5.08. The fourth-order valence-corrected chi connectivity index (χ4v) is 0.869. The van der Waals surface area contributed by atoms with E-state index in [1.54, 1.807) is 12.1 Å². The molecule has 0 saturated heterocycles. The third-order valence-corrected chi connectivity index (χ3v) is 1.38. The molecule has 0 aliphatic heterocycles. The SMILES string of the molecule is NC(N)=NN=Cc1ccc(Br)o1. The van der Waals surface area contributed by atoms with E-state index in [0.29, 0.717) is 10.4 Å². The van der Waals surface area contributed by atoms with Gasteiger partial charge in [-0.1, -0.05) is 0 Å². The summed E-state index contributed by atoms with van der Waals surface area (Å²) in [6, 6.07) is 3.48. The van der Waals surface area contributed by atoms with Gasteiger partial charge in [-0.25, -0.2) is 0 Å². The molecule has 0 spiro atoms. The van der Waals surface area contributed by atoms with Crippen molar-refractivity contribution in [1.82, 2.24) is 0 Å². The first-order chi connectivity index (χ1) is 5.68. The molecule has 0 saturated carbocycles. The van der Waals surface area contributed by atoms with Crippen molar-refractivity contribution in [2.45, 2.75) is 0 Å². The molecule has 0 unspecified atom stereocenters. The molecule has 1 aromatic heterocycles. The Balaban J connectivity index is 2.64. The van der Waals surface area contributed by atoms with E-state index in [1.807, 2.05) is 0 Å². The number of rotatable bonds is 2. The molecule has 0 fully saturated rings. The minimum atomic E-state index is -0.0862. The fraction of sp³-hybridized carbons (Fsp3) is 0. The van der Waals surface area contributed by atoms with Crippen LogP contribution < -0.4 is 11.5 Å². The lowest BCUT2D eigenvalue weighted by atomic mass is 10.5. The number of nitrogens with zero attached hydrogens (tertiary/aromatic N) is 2. The zero-order valence-corrected chi connectivity index (χ0v) is 7.65. The van der Waals surface area contributed by atoms with Gasteiger partial charge in [-0.05, 0) is 28.1 Å². The smallest absolute Gasteiger partial charge is 0.211 e. The molecular weight excluding hydrogens is 224 g/mol. The van der Waals surface area contributed by atoms with E-state index in [4.69, 9.17) is 15.9 Å². The molecule has 1 rings (SSSR count). The lowest BCUT2D eigenvalue weighted by Gasteiger charge is -1.83. The molecule has 0 amide bonds. The molecule has 0 aromatic carbocycles. The molecule has 12 heavy (non-hydrogen) atoms. The lowest BCUT2D eigenvalue weighted by Crippen LogP contribution is -2.21. The summed E-state index contributed by atoms with van der Waals surface area (Å²) < 4.78 is 5.71. The summed E-state index contributed by atoms with van der Waals surface area (Å²) in [5.41, 5.74) is 10.1. The van der Waals surface area contributed by atoms with Gasteiger partial charge in [0.15, 0.2) is 4.67 Å². The van der Waals surface area contributed by atoms with Crippen LogP contribution in [0.2, 0.25) is 0 Å². The number of hydrogen-bond acceptors (Lipinski definition) is 3. The summed E-state index contributed by atoms with van der Waals surface area (Å²) in [6.07, 6.45) is 1.41. The molecule has 0 bridgehead atoms. The van der Waals surface area contributed by atoms with Crippen LogP contribution >= 0.6 is 15.9 Å². The molecule has 4 N–H and O–H groups in total. The van der Waals surface area contributed by atoms with Gasteiger partial charge in [0.25, 0.3) is 0 Å². The standard InChI is InChI=1S/C6H7BrN4O/c7-5-2-1-4(12-5)3-10-11-6(8)9/h1-3H,(H4,8,9,11). The van der Waals surface area contributed by atoms with E-state index in [-0.39, 0.29) is 5.96 Å². The summed E-state index contributed by atoms with van der Waals surface area (Å²) in [7, 11) is 0. The summed E-state index contributed by atoms with van der Waals surface area (Å²) in [6.45, 7) is 0. The van der Waals surface area contributed by atoms with Crippen molar-refractivity contribution in [3.05, 3.63) is 22.6 Å². The van der Waals surface area contributed by atoms with Crippen LogP contribution in [0.3, 0.4) is 0 Å². The Morgan fingerprint density at radius 1 is 1.50 bits per heavy atom. The van der Waals surface area contributed by atoms with Crippen LogP contribution in [-0.4, -0.2) is 12.2 Å². The van der Waals surface area contributed by atoms with Crippen molar-refractivity contribution in [1.29, 1.82) is 0 Å². The predicted octanol–water partition coefficient (Wildman–Crippen LogP) is 0.649. The Kier molecular flexibility index (Phi) is 2.87. The monoisotopic (exact) mass is 230 g/mol. The van der Waals surface area contributed by atoms with E-state index in [2.05, 4.69) is 26.1 Å².